The molecule has 0 bridgehead atoms. The van der Waals surface area contributed by atoms with E-state index in [1.165, 1.54) is 21.6 Å². The molecule has 2 nitrogen and oxygen atoms in total. The van der Waals surface area contributed by atoms with E-state index in [0.29, 0.717) is 5.15 Å². The molecular weight excluding hydrogens is 260 g/mol. The summed E-state index contributed by atoms with van der Waals surface area (Å²) in [7, 11) is 0. The lowest BCUT2D eigenvalue weighted by Crippen LogP contribution is -1.76. The maximum Gasteiger partial charge on any atom is 0.150 e. The number of thiophene rings is 2. The van der Waals surface area contributed by atoms with Gasteiger partial charge in [0, 0.05) is 9.75 Å². The highest BCUT2D eigenvalue weighted by atomic mass is 35.5. The van der Waals surface area contributed by atoms with Gasteiger partial charge >= 0.3 is 0 Å². The summed E-state index contributed by atoms with van der Waals surface area (Å²) in [6, 6.07) is 4.20. The fourth-order valence-electron chi connectivity index (χ4n) is 1.56. The second-order valence-corrected chi connectivity index (χ2v) is 5.75. The zero-order chi connectivity index (χ0) is 11.1. The summed E-state index contributed by atoms with van der Waals surface area (Å²) in [5.41, 5.74) is 2.22. The molecule has 0 N–H and O–H groups in total. The highest BCUT2D eigenvalue weighted by Crippen LogP contribution is 2.38. The van der Waals surface area contributed by atoms with Gasteiger partial charge in [-0.2, -0.15) is 0 Å². The summed E-state index contributed by atoms with van der Waals surface area (Å²) < 4.78 is 0.965. The Labute approximate surface area is 106 Å². The molecule has 0 saturated carbocycles. The third kappa shape index (κ3) is 1.54. The van der Waals surface area contributed by atoms with Crippen LogP contribution in [-0.2, 0) is 0 Å². The van der Waals surface area contributed by atoms with Gasteiger partial charge < -0.3 is 0 Å². The molecule has 0 atom stereocenters. The summed E-state index contributed by atoms with van der Waals surface area (Å²) in [5, 5.41) is 2.64. The van der Waals surface area contributed by atoms with Gasteiger partial charge in [0.25, 0.3) is 0 Å². The molecule has 3 aromatic heterocycles. The molecule has 0 unspecified atom stereocenters. The molecule has 0 fully saturated rings. The monoisotopic (exact) mass is 266 g/mol. The highest BCUT2D eigenvalue weighted by Gasteiger charge is 2.11. The molecule has 0 radical (unpaired) electrons. The zero-order valence-electron chi connectivity index (χ0n) is 8.40. The first kappa shape index (κ1) is 10.2. The highest BCUT2D eigenvalue weighted by molar-refractivity contribution is 7.26. The van der Waals surface area contributed by atoms with Gasteiger partial charge in [0.1, 0.15) is 11.5 Å². The van der Waals surface area contributed by atoms with E-state index in [1.807, 2.05) is 0 Å². The Morgan fingerprint density at radius 1 is 1.31 bits per heavy atom. The summed E-state index contributed by atoms with van der Waals surface area (Å²) in [6.45, 7) is 2.11. The van der Waals surface area contributed by atoms with E-state index in [9.17, 15) is 0 Å². The van der Waals surface area contributed by atoms with Crippen LogP contribution in [0.4, 0.5) is 0 Å². The van der Waals surface area contributed by atoms with Crippen molar-refractivity contribution in [1.29, 1.82) is 0 Å². The number of hydrogen-bond donors (Lipinski definition) is 0. The van der Waals surface area contributed by atoms with Crippen LogP contribution < -0.4 is 0 Å². The maximum absolute atomic E-state index is 6.03. The maximum atomic E-state index is 6.03. The van der Waals surface area contributed by atoms with Crippen LogP contribution in [-0.4, -0.2) is 9.97 Å². The van der Waals surface area contributed by atoms with Crippen LogP contribution in [0, 0.1) is 6.92 Å². The Balaban J connectivity index is 2.27. The zero-order valence-corrected chi connectivity index (χ0v) is 10.8. The third-order valence-corrected chi connectivity index (χ3v) is 5.08. The number of rotatable bonds is 1. The number of hydrogen-bond acceptors (Lipinski definition) is 4. The molecule has 16 heavy (non-hydrogen) atoms. The van der Waals surface area contributed by atoms with Gasteiger partial charge in [-0.15, -0.1) is 22.7 Å². The topological polar surface area (TPSA) is 25.8 Å². The molecule has 3 heterocycles. The van der Waals surface area contributed by atoms with Crippen molar-refractivity contribution in [1.82, 2.24) is 9.97 Å². The molecular formula is C11H7ClN2S2. The summed E-state index contributed by atoms with van der Waals surface area (Å²) in [4.78, 5) is 10.7. The Bertz CT molecular complexity index is 657. The normalized spacial score (nSPS) is 11.1. The SMILES string of the molecule is Cc1ccsc1-c1cc2ncnc(Cl)c2s1. The standard InChI is InChI=1S/C11H7ClN2S2/c1-6-2-3-15-9(6)8-4-7-10(16-8)11(12)14-5-13-7/h2-5H,1H3. The molecule has 0 spiro atoms. The van der Waals surface area contributed by atoms with Gasteiger partial charge in [-0.05, 0) is 30.0 Å². The van der Waals surface area contributed by atoms with Crippen LogP contribution >= 0.6 is 34.3 Å². The van der Waals surface area contributed by atoms with Crippen molar-refractivity contribution < 1.29 is 0 Å². The Morgan fingerprint density at radius 3 is 2.88 bits per heavy atom. The fraction of sp³-hybridized carbons (Fsp3) is 0.0909. The van der Waals surface area contributed by atoms with Crippen molar-refractivity contribution in [2.24, 2.45) is 0 Å². The van der Waals surface area contributed by atoms with Crippen molar-refractivity contribution >= 4 is 44.5 Å². The first-order chi connectivity index (χ1) is 7.75. The predicted molar refractivity (Wildman–Crippen MR) is 70.5 cm³/mol. The van der Waals surface area contributed by atoms with Crippen LogP contribution in [0.2, 0.25) is 5.15 Å². The number of aromatic nitrogens is 2. The van der Waals surface area contributed by atoms with Crippen molar-refractivity contribution in [3.05, 3.63) is 34.6 Å². The molecule has 0 aliphatic carbocycles. The lowest BCUT2D eigenvalue weighted by atomic mass is 10.2. The average Bonchev–Trinajstić information content (AvgIpc) is 2.84. The molecule has 0 amide bonds. The molecule has 3 aromatic rings. The van der Waals surface area contributed by atoms with Gasteiger partial charge in [0.2, 0.25) is 0 Å². The number of halogens is 1. The van der Waals surface area contributed by atoms with Crippen LogP contribution in [0.15, 0.2) is 23.8 Å². The van der Waals surface area contributed by atoms with E-state index in [2.05, 4.69) is 34.4 Å². The molecule has 3 rings (SSSR count). The average molecular weight is 267 g/mol. The summed E-state index contributed by atoms with van der Waals surface area (Å²) >= 11 is 9.43. The lowest BCUT2D eigenvalue weighted by Gasteiger charge is -1.92. The van der Waals surface area contributed by atoms with Crippen molar-refractivity contribution in [2.45, 2.75) is 6.92 Å². The Kier molecular flexibility index (Phi) is 2.42. The molecule has 80 valence electrons. The lowest BCUT2D eigenvalue weighted by molar-refractivity contribution is 1.23. The fourth-order valence-corrected chi connectivity index (χ4v) is 3.92. The van der Waals surface area contributed by atoms with E-state index >= 15 is 0 Å². The molecule has 5 heteroatoms. The minimum atomic E-state index is 0.537. The van der Waals surface area contributed by atoms with Gasteiger partial charge in [-0.25, -0.2) is 9.97 Å². The quantitative estimate of drug-likeness (QED) is 0.611. The van der Waals surface area contributed by atoms with E-state index in [1.54, 1.807) is 22.7 Å². The van der Waals surface area contributed by atoms with Crippen LogP contribution in [0.5, 0.6) is 0 Å². The third-order valence-electron chi connectivity index (χ3n) is 2.35. The summed E-state index contributed by atoms with van der Waals surface area (Å²) in [5.74, 6) is 0. The van der Waals surface area contributed by atoms with Gasteiger partial charge in [-0.1, -0.05) is 11.6 Å². The smallest absolute Gasteiger partial charge is 0.150 e. The Hall–Kier alpha value is -0.970. The second kappa shape index (κ2) is 3.80. The Morgan fingerprint density at radius 2 is 2.19 bits per heavy atom. The molecule has 0 aliphatic heterocycles. The number of nitrogens with zero attached hydrogens (tertiary/aromatic N) is 2. The van der Waals surface area contributed by atoms with E-state index in [4.69, 9.17) is 11.6 Å². The van der Waals surface area contributed by atoms with Crippen LogP contribution in [0.25, 0.3) is 20.0 Å². The summed E-state index contributed by atoms with van der Waals surface area (Å²) in [6.07, 6.45) is 1.50. The van der Waals surface area contributed by atoms with Crippen molar-refractivity contribution in [2.75, 3.05) is 0 Å². The van der Waals surface area contributed by atoms with Gasteiger partial charge in [0.05, 0.1) is 10.2 Å². The van der Waals surface area contributed by atoms with Crippen LogP contribution in [0.3, 0.4) is 0 Å². The number of aryl methyl sites for hydroxylation is 1. The van der Waals surface area contributed by atoms with E-state index < -0.39 is 0 Å². The number of fused-ring (bicyclic) bond motifs is 1. The minimum Gasteiger partial charge on any atom is -0.235 e. The van der Waals surface area contributed by atoms with E-state index in [-0.39, 0.29) is 0 Å². The molecule has 0 saturated heterocycles. The van der Waals surface area contributed by atoms with Crippen molar-refractivity contribution in [3.63, 3.8) is 0 Å². The van der Waals surface area contributed by atoms with Gasteiger partial charge in [0.15, 0.2) is 0 Å². The second-order valence-electron chi connectivity index (χ2n) is 3.42. The first-order valence-electron chi connectivity index (χ1n) is 4.70. The van der Waals surface area contributed by atoms with Gasteiger partial charge in [-0.3, -0.25) is 0 Å². The van der Waals surface area contributed by atoms with Crippen LogP contribution in [0.1, 0.15) is 5.56 Å². The predicted octanol–water partition coefficient (Wildman–Crippen LogP) is 4.38. The van der Waals surface area contributed by atoms with Crippen molar-refractivity contribution in [3.8, 4) is 9.75 Å². The minimum absolute atomic E-state index is 0.537. The van der Waals surface area contributed by atoms with E-state index in [0.717, 1.165) is 10.2 Å². The molecule has 0 aliphatic rings. The first-order valence-corrected chi connectivity index (χ1v) is 6.77. The molecule has 0 aromatic carbocycles. The largest absolute Gasteiger partial charge is 0.235 e.